The van der Waals surface area contributed by atoms with Crippen LogP contribution in [0.5, 0.6) is 0 Å². The summed E-state index contributed by atoms with van der Waals surface area (Å²) in [6.07, 6.45) is 2.24. The predicted molar refractivity (Wildman–Crippen MR) is 90.9 cm³/mol. The molecule has 0 unspecified atom stereocenters. The summed E-state index contributed by atoms with van der Waals surface area (Å²) in [6.45, 7) is 1.75. The zero-order chi connectivity index (χ0) is 17.9. The first-order valence-electron chi connectivity index (χ1n) is 7.07. The van der Waals surface area contributed by atoms with Gasteiger partial charge in [0.2, 0.25) is 5.78 Å². The second-order valence-electron chi connectivity index (χ2n) is 5.07. The molecule has 0 bridgehead atoms. The molecule has 2 amide bonds. The lowest BCUT2D eigenvalue weighted by molar-refractivity contribution is -0.115. The number of aliphatic hydroxyl groups excluding tert-OH is 1. The Bertz CT molecular complexity index is 771. The van der Waals surface area contributed by atoms with Crippen LogP contribution in [0.2, 0.25) is 5.02 Å². The summed E-state index contributed by atoms with van der Waals surface area (Å²) in [6, 6.07) is 3.64. The number of benzene rings is 1. The Morgan fingerprint density at radius 3 is 2.58 bits per heavy atom. The normalized spacial score (nSPS) is 14.1. The van der Waals surface area contributed by atoms with Crippen LogP contribution in [0.1, 0.15) is 6.92 Å². The van der Waals surface area contributed by atoms with Gasteiger partial charge in [0.05, 0.1) is 23.0 Å². The van der Waals surface area contributed by atoms with Crippen LogP contribution >= 0.6 is 11.6 Å². The number of aliphatic hydroxyl groups is 1. The standard InChI is InChI=1S/C16H16ClN3O4/c1-9-6-15(23)13(8-14(9)22)20(16(18)24)10-2-3-12(11(17)7-10)19-4-5-21/h2-3,6-8,19,21H,4-5H2,1H3,(H2,18,24). The smallest absolute Gasteiger partial charge is 0.324 e. The van der Waals surface area contributed by atoms with E-state index in [1.165, 1.54) is 19.1 Å². The molecule has 0 fully saturated rings. The molecule has 0 radical (unpaired) electrons. The topological polar surface area (TPSA) is 113 Å². The van der Waals surface area contributed by atoms with Crippen LogP contribution in [-0.2, 0) is 9.59 Å². The van der Waals surface area contributed by atoms with Crippen LogP contribution in [0.4, 0.5) is 16.2 Å². The molecule has 0 spiro atoms. The molecule has 0 saturated heterocycles. The Hall–Kier alpha value is -2.64. The van der Waals surface area contributed by atoms with E-state index in [0.717, 1.165) is 17.1 Å². The van der Waals surface area contributed by atoms with Gasteiger partial charge < -0.3 is 16.2 Å². The number of nitrogens with one attached hydrogen (secondary N) is 1. The molecule has 1 aliphatic rings. The van der Waals surface area contributed by atoms with Crippen molar-refractivity contribution in [3.63, 3.8) is 0 Å². The number of carbonyl (C=O) groups is 3. The Morgan fingerprint density at radius 2 is 2.00 bits per heavy atom. The zero-order valence-corrected chi connectivity index (χ0v) is 13.6. The minimum Gasteiger partial charge on any atom is -0.395 e. The highest BCUT2D eigenvalue weighted by Crippen LogP contribution is 2.30. The fourth-order valence-electron chi connectivity index (χ4n) is 2.19. The highest BCUT2D eigenvalue weighted by Gasteiger charge is 2.27. The first-order valence-corrected chi connectivity index (χ1v) is 7.45. The van der Waals surface area contributed by atoms with Gasteiger partial charge in [0.15, 0.2) is 5.78 Å². The van der Waals surface area contributed by atoms with Crippen LogP contribution in [0.15, 0.2) is 41.6 Å². The summed E-state index contributed by atoms with van der Waals surface area (Å²) in [5.41, 5.74) is 6.34. The van der Waals surface area contributed by atoms with Crippen molar-refractivity contribution in [2.45, 2.75) is 6.92 Å². The van der Waals surface area contributed by atoms with E-state index in [1.807, 2.05) is 0 Å². The lowest BCUT2D eigenvalue weighted by Gasteiger charge is -2.24. The fraction of sp³-hybridized carbons (Fsp3) is 0.188. The average molecular weight is 350 g/mol. The fourth-order valence-corrected chi connectivity index (χ4v) is 2.43. The van der Waals surface area contributed by atoms with Crippen molar-refractivity contribution < 1.29 is 19.5 Å². The van der Waals surface area contributed by atoms with Crippen LogP contribution in [0, 0.1) is 0 Å². The summed E-state index contributed by atoms with van der Waals surface area (Å²) in [5.74, 6) is -0.868. The third kappa shape index (κ3) is 3.64. The minimum atomic E-state index is -0.914. The van der Waals surface area contributed by atoms with Gasteiger partial charge in [-0.3, -0.25) is 14.5 Å². The molecular weight excluding hydrogens is 334 g/mol. The molecular formula is C16H16ClN3O4. The molecule has 0 saturated carbocycles. The molecule has 0 aromatic heterocycles. The third-order valence-electron chi connectivity index (χ3n) is 3.36. The Kier molecular flexibility index (Phi) is 5.38. The molecule has 126 valence electrons. The van der Waals surface area contributed by atoms with Crippen LogP contribution in [0.25, 0.3) is 0 Å². The Balaban J connectivity index is 2.41. The number of carbonyl (C=O) groups excluding carboxylic acids is 3. The number of anilines is 2. The summed E-state index contributed by atoms with van der Waals surface area (Å²) in [5, 5.41) is 12.0. The predicted octanol–water partition coefficient (Wildman–Crippen LogP) is 1.61. The van der Waals surface area contributed by atoms with Gasteiger partial charge in [-0.15, -0.1) is 0 Å². The molecule has 0 aliphatic heterocycles. The van der Waals surface area contributed by atoms with Gasteiger partial charge in [-0.25, -0.2) is 4.79 Å². The lowest BCUT2D eigenvalue weighted by atomic mass is 10.0. The highest BCUT2D eigenvalue weighted by atomic mass is 35.5. The maximum atomic E-state index is 12.1. The molecule has 4 N–H and O–H groups in total. The number of rotatable bonds is 5. The second-order valence-corrected chi connectivity index (χ2v) is 5.48. The molecule has 2 rings (SSSR count). The van der Waals surface area contributed by atoms with E-state index in [4.69, 9.17) is 22.4 Å². The van der Waals surface area contributed by atoms with Gasteiger partial charge in [0, 0.05) is 18.2 Å². The molecule has 0 atom stereocenters. The van der Waals surface area contributed by atoms with E-state index in [2.05, 4.69) is 5.32 Å². The molecule has 8 heteroatoms. The van der Waals surface area contributed by atoms with E-state index in [-0.39, 0.29) is 34.4 Å². The number of amides is 2. The molecule has 7 nitrogen and oxygen atoms in total. The van der Waals surface area contributed by atoms with Crippen molar-refractivity contribution in [2.24, 2.45) is 5.73 Å². The number of urea groups is 1. The number of hydrogen-bond acceptors (Lipinski definition) is 5. The second kappa shape index (κ2) is 7.29. The van der Waals surface area contributed by atoms with Gasteiger partial charge in [-0.05, 0) is 31.2 Å². The number of nitrogens with two attached hydrogens (primary N) is 1. The molecule has 24 heavy (non-hydrogen) atoms. The van der Waals surface area contributed by atoms with Crippen molar-refractivity contribution in [1.82, 2.24) is 0 Å². The Morgan fingerprint density at radius 1 is 1.29 bits per heavy atom. The quantitative estimate of drug-likeness (QED) is 0.699. The third-order valence-corrected chi connectivity index (χ3v) is 3.67. The summed E-state index contributed by atoms with van der Waals surface area (Å²) in [4.78, 5) is 36.7. The minimum absolute atomic E-state index is 0.0688. The largest absolute Gasteiger partial charge is 0.395 e. The van der Waals surface area contributed by atoms with Crippen molar-refractivity contribution in [2.75, 3.05) is 23.4 Å². The highest BCUT2D eigenvalue weighted by molar-refractivity contribution is 6.33. The van der Waals surface area contributed by atoms with E-state index >= 15 is 0 Å². The summed E-state index contributed by atoms with van der Waals surface area (Å²) >= 11 is 6.13. The molecule has 0 heterocycles. The average Bonchev–Trinajstić information content (AvgIpc) is 2.51. The number of ketones is 2. The van der Waals surface area contributed by atoms with Gasteiger partial charge in [0.25, 0.3) is 0 Å². The SMILES string of the molecule is CC1=CC(=O)C(N(C(N)=O)c2ccc(NCCO)c(Cl)c2)=CC1=O. The maximum Gasteiger partial charge on any atom is 0.324 e. The maximum absolute atomic E-state index is 12.1. The van der Waals surface area contributed by atoms with Crippen LogP contribution in [0.3, 0.4) is 0 Å². The van der Waals surface area contributed by atoms with E-state index in [1.54, 1.807) is 6.07 Å². The number of nitrogens with zero attached hydrogens (tertiary/aromatic N) is 1. The number of hydrogen-bond donors (Lipinski definition) is 3. The molecule has 1 aliphatic carbocycles. The van der Waals surface area contributed by atoms with E-state index in [0.29, 0.717) is 12.2 Å². The first-order chi connectivity index (χ1) is 11.3. The van der Waals surface area contributed by atoms with Crippen LogP contribution < -0.4 is 16.0 Å². The van der Waals surface area contributed by atoms with Crippen molar-refractivity contribution in [3.05, 3.63) is 46.6 Å². The van der Waals surface area contributed by atoms with Gasteiger partial charge >= 0.3 is 6.03 Å². The van der Waals surface area contributed by atoms with Gasteiger partial charge in [-0.1, -0.05) is 11.6 Å². The monoisotopic (exact) mass is 349 g/mol. The van der Waals surface area contributed by atoms with E-state index < -0.39 is 11.8 Å². The Labute approximate surface area is 143 Å². The van der Waals surface area contributed by atoms with Crippen LogP contribution in [-0.4, -0.2) is 35.9 Å². The molecule has 1 aromatic carbocycles. The number of allylic oxidation sites excluding steroid dienone is 3. The first kappa shape index (κ1) is 17.7. The van der Waals surface area contributed by atoms with Gasteiger partial charge in [0.1, 0.15) is 5.70 Å². The van der Waals surface area contributed by atoms with Crippen molar-refractivity contribution >= 4 is 40.6 Å². The lowest BCUT2D eigenvalue weighted by Crippen LogP contribution is -2.39. The summed E-state index contributed by atoms with van der Waals surface area (Å²) < 4.78 is 0. The van der Waals surface area contributed by atoms with Gasteiger partial charge in [-0.2, -0.15) is 0 Å². The van der Waals surface area contributed by atoms with Crippen molar-refractivity contribution in [1.29, 1.82) is 0 Å². The van der Waals surface area contributed by atoms with E-state index in [9.17, 15) is 14.4 Å². The molecule has 1 aromatic rings. The number of primary amides is 1. The summed E-state index contributed by atoms with van der Waals surface area (Å²) in [7, 11) is 0. The zero-order valence-electron chi connectivity index (χ0n) is 12.9. The number of halogens is 1. The van der Waals surface area contributed by atoms with Crippen molar-refractivity contribution in [3.8, 4) is 0 Å².